The second-order valence-corrected chi connectivity index (χ2v) is 9.67. The van der Waals surface area contributed by atoms with Crippen LogP contribution < -0.4 is 5.32 Å². The van der Waals surface area contributed by atoms with E-state index in [0.717, 1.165) is 11.4 Å². The van der Waals surface area contributed by atoms with Crippen molar-refractivity contribution in [2.45, 2.75) is 33.1 Å². The third-order valence-corrected chi connectivity index (χ3v) is 2.77. The fraction of sp³-hybridized carbons (Fsp3) is 0.385. The van der Waals surface area contributed by atoms with E-state index in [2.05, 4.69) is 41.4 Å². The van der Waals surface area contributed by atoms with E-state index < -0.39 is 8.07 Å². The first-order chi connectivity index (χ1) is 7.87. The lowest BCUT2D eigenvalue weighted by Gasteiger charge is -2.04. The normalized spacial score (nSPS) is 10.4. The summed E-state index contributed by atoms with van der Waals surface area (Å²) in [5, 5.41) is 2.72. The second kappa shape index (κ2) is 5.64. The van der Waals surface area contributed by atoms with Crippen LogP contribution in [0.1, 0.15) is 18.3 Å². The first-order valence-corrected chi connectivity index (χ1v) is 9.10. The van der Waals surface area contributed by atoms with E-state index in [1.807, 2.05) is 18.2 Å². The molecule has 0 aliphatic carbocycles. The zero-order valence-electron chi connectivity index (χ0n) is 10.8. The average molecular weight is 246 g/mol. The molecule has 0 unspecified atom stereocenters. The summed E-state index contributed by atoms with van der Waals surface area (Å²) < 4.78 is 0. The van der Waals surface area contributed by atoms with Crippen molar-refractivity contribution in [3.63, 3.8) is 0 Å². The maximum Gasteiger partial charge on any atom is 0.217 e. The molecule has 1 aromatic rings. The highest BCUT2D eigenvalue weighted by atomic mass is 28.3. The monoisotopic (exact) mass is 246 g/mol. The van der Waals surface area contributed by atoms with Gasteiger partial charge < -0.3 is 5.32 Å². The summed E-state index contributed by atoms with van der Waals surface area (Å²) in [5.41, 5.74) is 4.88. The van der Waals surface area contributed by atoms with Crippen molar-refractivity contribution in [1.82, 2.24) is 10.3 Å². The Labute approximate surface area is 104 Å². The van der Waals surface area contributed by atoms with E-state index in [9.17, 15) is 4.79 Å². The van der Waals surface area contributed by atoms with Gasteiger partial charge in [0.2, 0.25) is 5.91 Å². The third kappa shape index (κ3) is 5.88. The van der Waals surface area contributed by atoms with E-state index in [0.29, 0.717) is 6.54 Å². The maximum absolute atomic E-state index is 10.8. The SMILES string of the molecule is CC(=O)NCc1cccc(C#C[Si](C)(C)C)n1. The van der Waals surface area contributed by atoms with Crippen LogP contribution in [-0.2, 0) is 11.3 Å². The summed E-state index contributed by atoms with van der Waals surface area (Å²) >= 11 is 0. The minimum Gasteiger partial charge on any atom is -0.351 e. The van der Waals surface area contributed by atoms with Gasteiger partial charge in [0.15, 0.2) is 0 Å². The predicted octanol–water partition coefficient (Wildman–Crippen LogP) is 1.95. The van der Waals surface area contributed by atoms with Gasteiger partial charge in [0, 0.05) is 6.92 Å². The van der Waals surface area contributed by atoms with Crippen LogP contribution in [0.25, 0.3) is 0 Å². The lowest BCUT2D eigenvalue weighted by atomic mass is 10.3. The van der Waals surface area contributed by atoms with Crippen molar-refractivity contribution < 1.29 is 4.79 Å². The van der Waals surface area contributed by atoms with Crippen LogP contribution in [0.2, 0.25) is 19.6 Å². The quantitative estimate of drug-likeness (QED) is 0.640. The molecule has 0 aromatic carbocycles. The summed E-state index contributed by atoms with van der Waals surface area (Å²) in [4.78, 5) is 15.2. The van der Waals surface area contributed by atoms with Crippen LogP contribution >= 0.6 is 0 Å². The number of hydrogen-bond donors (Lipinski definition) is 1. The Kier molecular flexibility index (Phi) is 4.47. The number of nitrogens with zero attached hydrogens (tertiary/aromatic N) is 1. The summed E-state index contributed by atoms with van der Waals surface area (Å²) in [6.07, 6.45) is 0. The Balaban J connectivity index is 2.78. The molecule has 0 saturated carbocycles. The van der Waals surface area contributed by atoms with Gasteiger partial charge in [-0.3, -0.25) is 4.79 Å². The van der Waals surface area contributed by atoms with Crippen LogP contribution in [0.15, 0.2) is 18.2 Å². The van der Waals surface area contributed by atoms with Crippen molar-refractivity contribution in [3.05, 3.63) is 29.6 Å². The van der Waals surface area contributed by atoms with Gasteiger partial charge in [-0.1, -0.05) is 31.6 Å². The zero-order chi connectivity index (χ0) is 12.9. The number of pyridine rings is 1. The second-order valence-electron chi connectivity index (χ2n) is 4.92. The molecule has 1 rings (SSSR count). The average Bonchev–Trinajstić information content (AvgIpc) is 2.23. The van der Waals surface area contributed by atoms with E-state index in [-0.39, 0.29) is 5.91 Å². The Morgan fingerprint density at radius 1 is 1.41 bits per heavy atom. The molecular formula is C13H18N2OSi. The zero-order valence-corrected chi connectivity index (χ0v) is 11.8. The molecule has 90 valence electrons. The first-order valence-electron chi connectivity index (χ1n) is 5.60. The molecule has 0 atom stereocenters. The van der Waals surface area contributed by atoms with E-state index in [1.165, 1.54) is 6.92 Å². The number of hydrogen-bond acceptors (Lipinski definition) is 2. The van der Waals surface area contributed by atoms with Crippen molar-refractivity contribution in [2.75, 3.05) is 0 Å². The van der Waals surface area contributed by atoms with Crippen molar-refractivity contribution in [2.24, 2.45) is 0 Å². The van der Waals surface area contributed by atoms with Crippen LogP contribution in [0.4, 0.5) is 0 Å². The molecule has 0 aliphatic rings. The molecule has 1 heterocycles. The predicted molar refractivity (Wildman–Crippen MR) is 72.0 cm³/mol. The van der Waals surface area contributed by atoms with Gasteiger partial charge in [-0.25, -0.2) is 4.98 Å². The summed E-state index contributed by atoms with van der Waals surface area (Å²) in [6.45, 7) is 8.54. The number of amides is 1. The van der Waals surface area contributed by atoms with E-state index in [1.54, 1.807) is 0 Å². The molecule has 3 nitrogen and oxygen atoms in total. The lowest BCUT2D eigenvalue weighted by Crippen LogP contribution is -2.19. The number of rotatable bonds is 2. The third-order valence-electron chi connectivity index (χ3n) is 1.89. The maximum atomic E-state index is 10.8. The molecule has 0 fully saturated rings. The summed E-state index contributed by atoms with van der Waals surface area (Å²) in [6, 6.07) is 5.69. The number of carbonyl (C=O) groups excluding carboxylic acids is 1. The van der Waals surface area contributed by atoms with Gasteiger partial charge in [-0.2, -0.15) is 0 Å². The number of nitrogens with one attached hydrogen (secondary N) is 1. The molecule has 0 bridgehead atoms. The minimum absolute atomic E-state index is 0.0506. The summed E-state index contributed by atoms with van der Waals surface area (Å²) in [7, 11) is -1.36. The van der Waals surface area contributed by atoms with Crippen LogP contribution in [0.5, 0.6) is 0 Å². The lowest BCUT2D eigenvalue weighted by molar-refractivity contribution is -0.119. The number of carbonyl (C=O) groups is 1. The molecule has 0 aliphatic heterocycles. The Morgan fingerprint density at radius 2 is 2.12 bits per heavy atom. The highest BCUT2D eigenvalue weighted by molar-refractivity contribution is 6.83. The fourth-order valence-electron chi connectivity index (χ4n) is 1.11. The molecular weight excluding hydrogens is 228 g/mol. The van der Waals surface area contributed by atoms with E-state index >= 15 is 0 Å². The molecule has 0 saturated heterocycles. The molecule has 1 amide bonds. The highest BCUT2D eigenvalue weighted by Gasteiger charge is 2.07. The molecule has 0 radical (unpaired) electrons. The number of aromatic nitrogens is 1. The molecule has 0 spiro atoms. The minimum atomic E-state index is -1.36. The van der Waals surface area contributed by atoms with Crippen LogP contribution in [-0.4, -0.2) is 19.0 Å². The van der Waals surface area contributed by atoms with Gasteiger partial charge >= 0.3 is 0 Å². The smallest absolute Gasteiger partial charge is 0.217 e. The van der Waals surface area contributed by atoms with E-state index in [4.69, 9.17) is 0 Å². The Bertz CT molecular complexity index is 466. The van der Waals surface area contributed by atoms with Crippen molar-refractivity contribution >= 4 is 14.0 Å². The van der Waals surface area contributed by atoms with Gasteiger partial charge in [-0.05, 0) is 12.1 Å². The van der Waals surface area contributed by atoms with Crippen LogP contribution in [0, 0.1) is 11.5 Å². The van der Waals surface area contributed by atoms with Gasteiger partial charge in [0.25, 0.3) is 0 Å². The molecule has 4 heteroatoms. The standard InChI is InChI=1S/C13H18N2OSi/c1-11(16)14-10-13-7-5-6-12(15-13)8-9-17(2,3)4/h5-7H,10H2,1-4H3,(H,14,16). The Morgan fingerprint density at radius 3 is 2.71 bits per heavy atom. The van der Waals surface area contributed by atoms with Crippen LogP contribution in [0.3, 0.4) is 0 Å². The fourth-order valence-corrected chi connectivity index (χ4v) is 1.62. The topological polar surface area (TPSA) is 42.0 Å². The van der Waals surface area contributed by atoms with Gasteiger partial charge in [0.1, 0.15) is 13.8 Å². The highest BCUT2D eigenvalue weighted by Crippen LogP contribution is 2.01. The molecule has 1 N–H and O–H groups in total. The van der Waals surface area contributed by atoms with Crippen molar-refractivity contribution in [1.29, 1.82) is 0 Å². The van der Waals surface area contributed by atoms with Gasteiger partial charge in [0.05, 0.1) is 12.2 Å². The largest absolute Gasteiger partial charge is 0.351 e. The summed E-state index contributed by atoms with van der Waals surface area (Å²) in [5.74, 6) is 3.05. The van der Waals surface area contributed by atoms with Gasteiger partial charge in [-0.15, -0.1) is 5.54 Å². The first kappa shape index (κ1) is 13.5. The van der Waals surface area contributed by atoms with Crippen molar-refractivity contribution in [3.8, 4) is 11.5 Å². The Hall–Kier alpha value is -1.60. The molecule has 1 aromatic heterocycles. The molecule has 17 heavy (non-hydrogen) atoms.